The number of anilines is 1. The van der Waals surface area contributed by atoms with Crippen LogP contribution in [0, 0.1) is 11.6 Å². The molecule has 1 fully saturated rings. The smallest absolute Gasteiger partial charge is 0.182 e. The van der Waals surface area contributed by atoms with Crippen molar-refractivity contribution in [1.29, 1.82) is 0 Å². The lowest BCUT2D eigenvalue weighted by atomic mass is 10.1. The van der Waals surface area contributed by atoms with Crippen molar-refractivity contribution in [1.82, 2.24) is 19.7 Å². The Morgan fingerprint density at radius 1 is 1.15 bits per heavy atom. The van der Waals surface area contributed by atoms with Crippen molar-refractivity contribution in [2.75, 3.05) is 25.6 Å². The van der Waals surface area contributed by atoms with Crippen molar-refractivity contribution in [3.8, 4) is 17.3 Å². The minimum atomic E-state index is -0.703. The first-order valence-electron chi connectivity index (χ1n) is 10.9. The fraction of sp³-hybridized carbons (Fsp3) is 0.292. The summed E-state index contributed by atoms with van der Waals surface area (Å²) in [5.41, 5.74) is 7.92. The van der Waals surface area contributed by atoms with Crippen molar-refractivity contribution < 1.29 is 23.0 Å². The number of hydrogen-bond donors (Lipinski definition) is 1. The van der Waals surface area contributed by atoms with E-state index < -0.39 is 11.6 Å². The van der Waals surface area contributed by atoms with Gasteiger partial charge in [0, 0.05) is 41.3 Å². The zero-order valence-corrected chi connectivity index (χ0v) is 18.5. The van der Waals surface area contributed by atoms with Crippen LogP contribution in [0.15, 0.2) is 42.6 Å². The molecule has 0 saturated carbocycles. The minimum Gasteiger partial charge on any atom is -0.494 e. The molecular formula is C24H23F2N5O3. The molecule has 0 radical (unpaired) electrons. The first kappa shape index (κ1) is 22.2. The molecule has 10 heteroatoms. The molecule has 0 atom stereocenters. The molecule has 1 saturated heterocycles. The summed E-state index contributed by atoms with van der Waals surface area (Å²) >= 11 is 0. The highest BCUT2D eigenvalue weighted by atomic mass is 19.1. The van der Waals surface area contributed by atoms with Crippen LogP contribution in [-0.2, 0) is 22.4 Å². The van der Waals surface area contributed by atoms with Crippen LogP contribution in [0.4, 0.5) is 14.6 Å². The second kappa shape index (κ2) is 9.32. The van der Waals surface area contributed by atoms with Gasteiger partial charge in [-0.2, -0.15) is 5.10 Å². The van der Waals surface area contributed by atoms with Gasteiger partial charge in [0.05, 0.1) is 31.9 Å². The number of rotatable bonds is 7. The van der Waals surface area contributed by atoms with Crippen LogP contribution in [0.25, 0.3) is 22.4 Å². The minimum absolute atomic E-state index is 0.115. The number of fused-ring (bicyclic) bond motifs is 1. The molecule has 5 rings (SSSR count). The van der Waals surface area contributed by atoms with E-state index in [0.717, 1.165) is 5.39 Å². The Kier molecular flexibility index (Phi) is 6.08. The monoisotopic (exact) mass is 467 g/mol. The molecule has 4 aromatic rings. The average molecular weight is 467 g/mol. The molecule has 3 heterocycles. The summed E-state index contributed by atoms with van der Waals surface area (Å²) in [6.07, 6.45) is 1.70. The van der Waals surface area contributed by atoms with Gasteiger partial charge in [-0.25, -0.2) is 18.7 Å². The van der Waals surface area contributed by atoms with E-state index in [9.17, 15) is 8.78 Å². The average Bonchev–Trinajstić information content (AvgIpc) is 3.46. The number of nitrogen functional groups attached to an aromatic ring is 1. The Morgan fingerprint density at radius 2 is 1.88 bits per heavy atom. The zero-order chi connectivity index (χ0) is 23.7. The van der Waals surface area contributed by atoms with Gasteiger partial charge in [0.1, 0.15) is 28.9 Å². The third-order valence-corrected chi connectivity index (χ3v) is 5.58. The highest BCUT2D eigenvalue weighted by Crippen LogP contribution is 2.29. The summed E-state index contributed by atoms with van der Waals surface area (Å²) in [4.78, 5) is 8.88. The fourth-order valence-corrected chi connectivity index (χ4v) is 3.94. The number of benzene rings is 2. The Hall–Kier alpha value is -3.63. The van der Waals surface area contributed by atoms with Gasteiger partial charge in [0.2, 0.25) is 0 Å². The van der Waals surface area contributed by atoms with E-state index in [2.05, 4.69) is 15.1 Å². The van der Waals surface area contributed by atoms with Crippen molar-refractivity contribution >= 4 is 16.7 Å². The van der Waals surface area contributed by atoms with Crippen molar-refractivity contribution in [3.63, 3.8) is 0 Å². The van der Waals surface area contributed by atoms with Gasteiger partial charge < -0.3 is 19.9 Å². The number of nitrogens with zero attached hydrogens (tertiary/aromatic N) is 4. The fourth-order valence-electron chi connectivity index (χ4n) is 3.94. The summed E-state index contributed by atoms with van der Waals surface area (Å²) in [5.74, 6) is -0.649. The van der Waals surface area contributed by atoms with E-state index in [1.807, 2.05) is 24.3 Å². The van der Waals surface area contributed by atoms with Crippen LogP contribution in [0.3, 0.4) is 0 Å². The normalized spacial score (nSPS) is 14.2. The standard InChI is InChI=1S/C24H23F2N5O3/c1-2-32-15-10-18(25)17(19(26)11-15)13-31-20-6-4-3-5-16(20)22(30-31)24-28-12-14(23(27)29-24)9-21-33-7-8-34-21/h3-6,10-12,21H,2,7-9,13H2,1H3,(H2,27,28,29). The van der Waals surface area contributed by atoms with Crippen LogP contribution in [0.1, 0.15) is 18.1 Å². The summed E-state index contributed by atoms with van der Waals surface area (Å²) in [6.45, 7) is 3.03. The molecular weight excluding hydrogens is 444 g/mol. The number of halogens is 2. The van der Waals surface area contributed by atoms with E-state index >= 15 is 0 Å². The Balaban J connectivity index is 1.50. The van der Waals surface area contributed by atoms with Crippen molar-refractivity contribution in [2.24, 2.45) is 0 Å². The topological polar surface area (TPSA) is 97.3 Å². The zero-order valence-electron chi connectivity index (χ0n) is 18.5. The summed E-state index contributed by atoms with van der Waals surface area (Å²) in [6, 6.07) is 9.70. The van der Waals surface area contributed by atoms with Gasteiger partial charge in [-0.3, -0.25) is 4.68 Å². The highest BCUT2D eigenvalue weighted by Gasteiger charge is 2.21. The summed E-state index contributed by atoms with van der Waals surface area (Å²) < 4.78 is 47.1. The van der Waals surface area contributed by atoms with Gasteiger partial charge in [-0.1, -0.05) is 18.2 Å². The van der Waals surface area contributed by atoms with Gasteiger partial charge >= 0.3 is 0 Å². The molecule has 2 N–H and O–H groups in total. The Labute approximate surface area is 194 Å². The number of ether oxygens (including phenoxy) is 3. The van der Waals surface area contributed by atoms with Crippen LogP contribution in [0.2, 0.25) is 0 Å². The Morgan fingerprint density at radius 3 is 2.59 bits per heavy atom. The maximum absolute atomic E-state index is 14.7. The number of aromatic nitrogens is 4. The predicted molar refractivity (Wildman–Crippen MR) is 121 cm³/mol. The SMILES string of the molecule is CCOc1cc(F)c(Cn2nc(-c3ncc(CC4OCCO4)c(N)n3)c3ccccc32)c(F)c1. The van der Waals surface area contributed by atoms with Crippen LogP contribution in [-0.4, -0.2) is 45.9 Å². The van der Waals surface area contributed by atoms with Crippen LogP contribution < -0.4 is 10.5 Å². The molecule has 176 valence electrons. The predicted octanol–water partition coefficient (Wildman–Crippen LogP) is 3.72. The number of hydrogen-bond acceptors (Lipinski definition) is 7. The molecule has 1 aliphatic rings. The molecule has 2 aromatic heterocycles. The maximum atomic E-state index is 14.7. The van der Waals surface area contributed by atoms with E-state index in [-0.39, 0.29) is 24.1 Å². The largest absolute Gasteiger partial charge is 0.494 e. The van der Waals surface area contributed by atoms with E-state index in [0.29, 0.717) is 54.7 Å². The Bertz CT molecular complexity index is 1310. The molecule has 2 aromatic carbocycles. The van der Waals surface area contributed by atoms with Crippen LogP contribution >= 0.6 is 0 Å². The molecule has 0 spiro atoms. The molecule has 1 aliphatic heterocycles. The lowest BCUT2D eigenvalue weighted by molar-refractivity contribution is -0.0399. The molecule has 0 bridgehead atoms. The number of para-hydroxylation sites is 1. The third-order valence-electron chi connectivity index (χ3n) is 5.58. The van der Waals surface area contributed by atoms with Gasteiger partial charge in [0.15, 0.2) is 12.1 Å². The van der Waals surface area contributed by atoms with E-state index in [1.165, 1.54) is 16.8 Å². The first-order chi connectivity index (χ1) is 16.5. The van der Waals surface area contributed by atoms with Crippen molar-refractivity contribution in [3.05, 3.63) is 65.4 Å². The summed E-state index contributed by atoms with van der Waals surface area (Å²) in [7, 11) is 0. The van der Waals surface area contributed by atoms with E-state index in [1.54, 1.807) is 13.1 Å². The number of nitrogens with two attached hydrogens (primary N) is 1. The van der Waals surface area contributed by atoms with Crippen molar-refractivity contribution in [2.45, 2.75) is 26.2 Å². The van der Waals surface area contributed by atoms with Crippen LogP contribution in [0.5, 0.6) is 5.75 Å². The van der Waals surface area contributed by atoms with E-state index in [4.69, 9.17) is 19.9 Å². The molecule has 0 unspecified atom stereocenters. The first-order valence-corrected chi connectivity index (χ1v) is 10.9. The lowest BCUT2D eigenvalue weighted by Gasteiger charge is -2.10. The van der Waals surface area contributed by atoms with Gasteiger partial charge in [-0.15, -0.1) is 0 Å². The molecule has 0 amide bonds. The lowest BCUT2D eigenvalue weighted by Crippen LogP contribution is -2.14. The maximum Gasteiger partial charge on any atom is 0.182 e. The molecule has 8 nitrogen and oxygen atoms in total. The third kappa shape index (κ3) is 4.29. The van der Waals surface area contributed by atoms with Gasteiger partial charge in [0.25, 0.3) is 0 Å². The second-order valence-electron chi connectivity index (χ2n) is 7.80. The van der Waals surface area contributed by atoms with Gasteiger partial charge in [-0.05, 0) is 13.0 Å². The second-order valence-corrected chi connectivity index (χ2v) is 7.80. The molecule has 0 aliphatic carbocycles. The highest BCUT2D eigenvalue weighted by molar-refractivity contribution is 5.91. The molecule has 34 heavy (non-hydrogen) atoms. The quantitative estimate of drug-likeness (QED) is 0.442. The summed E-state index contributed by atoms with van der Waals surface area (Å²) in [5, 5.41) is 5.33.